The summed E-state index contributed by atoms with van der Waals surface area (Å²) in [5.74, 6) is -1.14. The zero-order chi connectivity index (χ0) is 18.6. The summed E-state index contributed by atoms with van der Waals surface area (Å²) in [6.45, 7) is 5.88. The molecule has 4 atom stereocenters. The van der Waals surface area contributed by atoms with E-state index in [0.29, 0.717) is 6.54 Å². The third-order valence-corrected chi connectivity index (χ3v) is 6.85. The zero-order valence-electron chi connectivity index (χ0n) is 14.5. The number of fused-ring (bicyclic) bond motifs is 1. The normalized spacial score (nSPS) is 30.2. The second-order valence-electron chi connectivity index (χ2n) is 7.18. The summed E-state index contributed by atoms with van der Waals surface area (Å²) in [5, 5.41) is 23.5. The van der Waals surface area contributed by atoms with Gasteiger partial charge >= 0.3 is 5.97 Å². The maximum atomic E-state index is 12.3. The average Bonchev–Trinajstić information content (AvgIpc) is 3.11. The summed E-state index contributed by atoms with van der Waals surface area (Å²) < 4.78 is 5.10. The molecule has 0 aromatic carbocycles. The van der Waals surface area contributed by atoms with Gasteiger partial charge in [-0.15, -0.1) is 11.8 Å². The highest BCUT2D eigenvalue weighted by Crippen LogP contribution is 2.51. The van der Waals surface area contributed by atoms with Crippen molar-refractivity contribution in [3.05, 3.63) is 28.6 Å². The van der Waals surface area contributed by atoms with E-state index in [9.17, 15) is 19.8 Å². The zero-order valence-corrected chi connectivity index (χ0v) is 15.3. The van der Waals surface area contributed by atoms with Crippen LogP contribution in [0.15, 0.2) is 27.4 Å². The summed E-state index contributed by atoms with van der Waals surface area (Å²) in [6, 6.07) is 1.58. The highest BCUT2D eigenvalue weighted by Gasteiger charge is 2.60. The lowest BCUT2D eigenvalue weighted by molar-refractivity contribution is -0.163. The van der Waals surface area contributed by atoms with Crippen LogP contribution in [0.2, 0.25) is 0 Å². The van der Waals surface area contributed by atoms with Gasteiger partial charge in [-0.2, -0.15) is 0 Å². The van der Waals surface area contributed by atoms with Crippen LogP contribution in [0.1, 0.15) is 19.6 Å². The number of carbonyl (C=O) groups is 2. The topological polar surface area (TPSA) is 107 Å². The molecule has 0 aliphatic carbocycles. The van der Waals surface area contributed by atoms with Crippen molar-refractivity contribution in [1.82, 2.24) is 15.0 Å². The minimum absolute atomic E-state index is 0.0771. The number of hydrogen-bond acceptors (Lipinski definition) is 7. The second-order valence-corrected chi connectivity index (χ2v) is 8.53. The molecule has 1 aromatic rings. The largest absolute Gasteiger partial charge is 0.477 e. The number of amides is 1. The maximum absolute atomic E-state index is 12.3. The van der Waals surface area contributed by atoms with Gasteiger partial charge in [0, 0.05) is 35.2 Å². The fourth-order valence-corrected chi connectivity index (χ4v) is 5.71. The number of likely N-dealkylation sites (tertiary alicyclic amines) is 1. The van der Waals surface area contributed by atoms with Crippen LogP contribution in [0.5, 0.6) is 0 Å². The number of aliphatic hydroxyl groups excluding tert-OH is 1. The molecule has 4 heterocycles. The minimum atomic E-state index is -1.07. The summed E-state index contributed by atoms with van der Waals surface area (Å²) in [6.07, 6.45) is 0.845. The average molecular weight is 379 g/mol. The number of thioether (sulfide) groups is 1. The highest BCUT2D eigenvalue weighted by molar-refractivity contribution is 8.03. The minimum Gasteiger partial charge on any atom is -0.477 e. The molecule has 0 radical (unpaired) electrons. The van der Waals surface area contributed by atoms with Gasteiger partial charge in [-0.25, -0.2) is 4.79 Å². The predicted molar refractivity (Wildman–Crippen MR) is 92.8 cm³/mol. The number of aromatic nitrogens is 1. The van der Waals surface area contributed by atoms with Crippen LogP contribution in [0.3, 0.4) is 0 Å². The van der Waals surface area contributed by atoms with Crippen molar-refractivity contribution < 1.29 is 24.3 Å². The van der Waals surface area contributed by atoms with Gasteiger partial charge in [0.05, 0.1) is 30.8 Å². The first kappa shape index (κ1) is 17.6. The van der Waals surface area contributed by atoms with Crippen LogP contribution in [0.4, 0.5) is 0 Å². The van der Waals surface area contributed by atoms with Crippen LogP contribution >= 0.6 is 11.8 Å². The van der Waals surface area contributed by atoms with Gasteiger partial charge in [0.2, 0.25) is 5.91 Å². The molecule has 2 N–H and O–H groups in total. The monoisotopic (exact) mass is 379 g/mol. The quantitative estimate of drug-likeness (QED) is 0.697. The molecule has 140 valence electrons. The molecule has 0 saturated carbocycles. The summed E-state index contributed by atoms with van der Waals surface area (Å²) in [7, 11) is 0. The predicted octanol–water partition coefficient (Wildman–Crippen LogP) is 0.746. The van der Waals surface area contributed by atoms with E-state index < -0.39 is 18.0 Å². The Morgan fingerprint density at radius 2 is 2.23 bits per heavy atom. The molecule has 0 spiro atoms. The molecule has 9 heteroatoms. The van der Waals surface area contributed by atoms with Crippen LogP contribution in [0, 0.1) is 11.8 Å². The first-order valence-corrected chi connectivity index (χ1v) is 9.53. The maximum Gasteiger partial charge on any atom is 0.353 e. The first-order chi connectivity index (χ1) is 12.4. The van der Waals surface area contributed by atoms with E-state index in [1.54, 1.807) is 24.9 Å². The summed E-state index contributed by atoms with van der Waals surface area (Å²) in [4.78, 5) is 28.4. The molecule has 26 heavy (non-hydrogen) atoms. The molecule has 2 fully saturated rings. The lowest BCUT2D eigenvalue weighted by atomic mass is 9.79. The van der Waals surface area contributed by atoms with Gasteiger partial charge in [0.1, 0.15) is 5.70 Å². The van der Waals surface area contributed by atoms with E-state index in [1.165, 1.54) is 4.90 Å². The van der Waals surface area contributed by atoms with Crippen LogP contribution < -0.4 is 0 Å². The molecular formula is C17H21N3O5S. The van der Waals surface area contributed by atoms with Crippen molar-refractivity contribution in [1.29, 1.82) is 0 Å². The Kier molecular flexibility index (Phi) is 4.32. The number of aliphatic hydroxyl groups is 1. The highest BCUT2D eigenvalue weighted by atomic mass is 32.2. The first-order valence-electron chi connectivity index (χ1n) is 8.65. The van der Waals surface area contributed by atoms with Crippen molar-refractivity contribution >= 4 is 23.6 Å². The lowest BCUT2D eigenvalue weighted by Crippen LogP contribution is -2.63. The smallest absolute Gasteiger partial charge is 0.353 e. The Morgan fingerprint density at radius 3 is 2.81 bits per heavy atom. The van der Waals surface area contributed by atoms with Crippen LogP contribution in [-0.2, 0) is 16.1 Å². The van der Waals surface area contributed by atoms with Crippen molar-refractivity contribution in [3.8, 4) is 0 Å². The van der Waals surface area contributed by atoms with Crippen LogP contribution in [0.25, 0.3) is 0 Å². The lowest BCUT2D eigenvalue weighted by Gasteiger charge is -2.46. The Bertz CT molecular complexity index is 756. The Morgan fingerprint density at radius 1 is 1.50 bits per heavy atom. The third kappa shape index (κ3) is 2.65. The second kappa shape index (κ2) is 6.40. The van der Waals surface area contributed by atoms with E-state index in [2.05, 4.69) is 10.1 Å². The van der Waals surface area contributed by atoms with Gasteiger partial charge in [0.15, 0.2) is 5.76 Å². The van der Waals surface area contributed by atoms with Crippen molar-refractivity contribution in [2.45, 2.75) is 37.8 Å². The van der Waals surface area contributed by atoms with Gasteiger partial charge in [-0.05, 0) is 6.92 Å². The molecule has 3 aliphatic heterocycles. The Hall–Kier alpha value is -1.84. The SMILES string of the molecule is C[C@H]1C(SC2CN(Cc3ccno3)C2)=C(C(=O)O)N2C(=O)[C@H]([C@@H](C)O)C12. The van der Waals surface area contributed by atoms with Crippen molar-refractivity contribution in [3.63, 3.8) is 0 Å². The Balaban J connectivity index is 1.44. The molecule has 1 amide bonds. The molecule has 4 rings (SSSR count). The third-order valence-electron chi connectivity index (χ3n) is 5.40. The van der Waals surface area contributed by atoms with Crippen molar-refractivity contribution in [2.75, 3.05) is 13.1 Å². The van der Waals surface area contributed by atoms with Gasteiger partial charge in [-0.3, -0.25) is 9.69 Å². The number of carbonyl (C=O) groups excluding carboxylic acids is 1. The van der Waals surface area contributed by atoms with E-state index in [0.717, 1.165) is 23.8 Å². The standard InChI is InChI=1S/C17H21N3O5S/c1-8-13-12(9(2)21)16(22)20(13)14(17(23)24)15(8)26-11-6-19(7-11)5-10-3-4-18-25-10/h3-4,8-9,11-13,21H,5-7H2,1-2H3,(H,23,24)/t8-,9-,12-,13?/m1/s1. The molecule has 3 aliphatic rings. The fourth-order valence-electron chi connectivity index (χ4n) is 4.13. The number of carboxylic acids is 1. The number of carboxylic acid groups (broad SMARTS) is 1. The number of aliphatic carboxylic acids is 1. The summed E-state index contributed by atoms with van der Waals surface area (Å²) in [5.41, 5.74) is 0.100. The molecular weight excluding hydrogens is 358 g/mol. The van der Waals surface area contributed by atoms with E-state index in [1.807, 2.05) is 13.0 Å². The van der Waals surface area contributed by atoms with Gasteiger partial charge < -0.3 is 19.6 Å². The number of rotatable bonds is 6. The molecule has 2 saturated heterocycles. The molecule has 8 nitrogen and oxygen atoms in total. The number of hydrogen-bond donors (Lipinski definition) is 2. The summed E-state index contributed by atoms with van der Waals surface area (Å²) >= 11 is 1.55. The van der Waals surface area contributed by atoms with E-state index >= 15 is 0 Å². The molecule has 1 aromatic heterocycles. The van der Waals surface area contributed by atoms with Crippen molar-refractivity contribution in [2.24, 2.45) is 11.8 Å². The Labute approximate surface area is 154 Å². The fraction of sp³-hybridized carbons (Fsp3) is 0.588. The number of nitrogens with zero attached hydrogens (tertiary/aromatic N) is 3. The van der Waals surface area contributed by atoms with Gasteiger partial charge in [-0.1, -0.05) is 12.1 Å². The molecule has 1 unspecified atom stereocenters. The van der Waals surface area contributed by atoms with Gasteiger partial charge in [0.25, 0.3) is 0 Å². The number of β-lactam (4-membered cyclic amide) rings is 1. The van der Waals surface area contributed by atoms with Crippen LogP contribution in [-0.4, -0.2) is 67.5 Å². The van der Waals surface area contributed by atoms with E-state index in [-0.39, 0.29) is 28.8 Å². The van der Waals surface area contributed by atoms with E-state index in [4.69, 9.17) is 4.52 Å². The molecule has 0 bridgehead atoms.